The van der Waals surface area contributed by atoms with Crippen molar-refractivity contribution >= 4 is 5.57 Å². The molecule has 0 aliphatic carbocycles. The second-order valence-corrected chi connectivity index (χ2v) is 7.43. The summed E-state index contributed by atoms with van der Waals surface area (Å²) < 4.78 is 6.43. The Kier molecular flexibility index (Phi) is 3.07. The monoisotopic (exact) mass is 318 g/mol. The SMILES string of the molecule is C=C(c1ccccc1)c1cnc2c(c1)C[C@@]1(CN3CCC1CC3)O2. The number of pyridine rings is 1. The molecule has 1 aromatic heterocycles. The lowest BCUT2D eigenvalue weighted by Crippen LogP contribution is -2.61. The van der Waals surface area contributed by atoms with Crippen LogP contribution in [0.4, 0.5) is 0 Å². The molecule has 0 N–H and O–H groups in total. The molecule has 3 nitrogen and oxygen atoms in total. The Labute approximate surface area is 143 Å². The van der Waals surface area contributed by atoms with Crippen molar-refractivity contribution in [3.05, 3.63) is 65.9 Å². The van der Waals surface area contributed by atoms with Crippen LogP contribution in [0.5, 0.6) is 5.88 Å². The van der Waals surface area contributed by atoms with Gasteiger partial charge in [-0.15, -0.1) is 0 Å². The van der Waals surface area contributed by atoms with E-state index in [9.17, 15) is 0 Å². The summed E-state index contributed by atoms with van der Waals surface area (Å²) in [5.41, 5.74) is 4.50. The van der Waals surface area contributed by atoms with Gasteiger partial charge in [0.15, 0.2) is 0 Å². The Morgan fingerprint density at radius 3 is 2.67 bits per heavy atom. The van der Waals surface area contributed by atoms with E-state index in [0.29, 0.717) is 5.92 Å². The van der Waals surface area contributed by atoms with Gasteiger partial charge >= 0.3 is 0 Å². The summed E-state index contributed by atoms with van der Waals surface area (Å²) in [4.78, 5) is 7.19. The van der Waals surface area contributed by atoms with Gasteiger partial charge in [-0.05, 0) is 43.1 Å². The normalized spacial score (nSPS) is 30.2. The minimum Gasteiger partial charge on any atom is -0.469 e. The lowest BCUT2D eigenvalue weighted by atomic mass is 9.73. The quantitative estimate of drug-likeness (QED) is 0.847. The molecule has 0 saturated carbocycles. The van der Waals surface area contributed by atoms with Crippen LogP contribution in [0.3, 0.4) is 0 Å². The number of nitrogens with zero attached hydrogens (tertiary/aromatic N) is 2. The third kappa shape index (κ3) is 2.11. The number of rotatable bonds is 2. The minimum atomic E-state index is -0.0292. The van der Waals surface area contributed by atoms with Gasteiger partial charge in [-0.3, -0.25) is 4.90 Å². The molecule has 1 aromatic carbocycles. The highest BCUT2D eigenvalue weighted by Gasteiger charge is 2.52. The zero-order chi connectivity index (χ0) is 16.1. The summed E-state index contributed by atoms with van der Waals surface area (Å²) in [6.45, 7) is 7.80. The molecule has 4 aliphatic rings. The molecule has 3 heteroatoms. The highest BCUT2D eigenvalue weighted by atomic mass is 16.5. The van der Waals surface area contributed by atoms with E-state index in [0.717, 1.165) is 35.5 Å². The summed E-state index contributed by atoms with van der Waals surface area (Å²) in [6.07, 6.45) is 5.43. The van der Waals surface area contributed by atoms with Crippen molar-refractivity contribution < 1.29 is 4.74 Å². The molecule has 0 amide bonds. The smallest absolute Gasteiger partial charge is 0.217 e. The zero-order valence-corrected chi connectivity index (χ0v) is 13.9. The van der Waals surface area contributed by atoms with Crippen LogP contribution in [-0.4, -0.2) is 35.1 Å². The first-order chi connectivity index (χ1) is 11.7. The van der Waals surface area contributed by atoms with Gasteiger partial charge in [0, 0.05) is 36.2 Å². The van der Waals surface area contributed by atoms with E-state index in [2.05, 4.69) is 34.7 Å². The molecule has 0 radical (unpaired) electrons. The van der Waals surface area contributed by atoms with Crippen LogP contribution in [0.2, 0.25) is 0 Å². The number of hydrogen-bond donors (Lipinski definition) is 0. The molecule has 1 atom stereocenters. The second-order valence-electron chi connectivity index (χ2n) is 7.43. The van der Waals surface area contributed by atoms with Crippen LogP contribution < -0.4 is 4.74 Å². The topological polar surface area (TPSA) is 25.4 Å². The lowest BCUT2D eigenvalue weighted by Gasteiger charge is -2.50. The summed E-state index contributed by atoms with van der Waals surface area (Å²) >= 11 is 0. The summed E-state index contributed by atoms with van der Waals surface area (Å²) in [7, 11) is 0. The molecule has 122 valence electrons. The fourth-order valence-corrected chi connectivity index (χ4v) is 4.68. The number of aromatic nitrogens is 1. The highest BCUT2D eigenvalue weighted by molar-refractivity contribution is 5.78. The molecule has 24 heavy (non-hydrogen) atoms. The summed E-state index contributed by atoms with van der Waals surface area (Å²) in [5.74, 6) is 1.52. The number of benzene rings is 1. The van der Waals surface area contributed by atoms with Crippen molar-refractivity contribution in [2.24, 2.45) is 5.92 Å². The van der Waals surface area contributed by atoms with E-state index in [1.807, 2.05) is 24.4 Å². The summed E-state index contributed by atoms with van der Waals surface area (Å²) in [6, 6.07) is 12.6. The fraction of sp³-hybridized carbons (Fsp3) is 0.381. The van der Waals surface area contributed by atoms with Gasteiger partial charge in [0.25, 0.3) is 0 Å². The fourth-order valence-electron chi connectivity index (χ4n) is 4.68. The molecule has 1 spiro atoms. The Morgan fingerprint density at radius 2 is 1.96 bits per heavy atom. The van der Waals surface area contributed by atoms with Gasteiger partial charge in [0.1, 0.15) is 5.60 Å². The molecule has 0 unspecified atom stereocenters. The highest BCUT2D eigenvalue weighted by Crippen LogP contribution is 2.46. The van der Waals surface area contributed by atoms with Crippen molar-refractivity contribution in [2.45, 2.75) is 24.9 Å². The summed E-state index contributed by atoms with van der Waals surface area (Å²) in [5, 5.41) is 0. The predicted octanol–water partition coefficient (Wildman–Crippen LogP) is 3.54. The first-order valence-electron chi connectivity index (χ1n) is 8.88. The van der Waals surface area contributed by atoms with Crippen molar-refractivity contribution in [3.63, 3.8) is 0 Å². The van der Waals surface area contributed by atoms with Crippen LogP contribution in [0.25, 0.3) is 5.57 Å². The van der Waals surface area contributed by atoms with E-state index in [4.69, 9.17) is 4.74 Å². The first kappa shape index (κ1) is 14.2. The lowest BCUT2D eigenvalue weighted by molar-refractivity contribution is -0.0814. The van der Waals surface area contributed by atoms with Gasteiger partial charge in [0.2, 0.25) is 5.88 Å². The average molecular weight is 318 g/mol. The van der Waals surface area contributed by atoms with Gasteiger partial charge < -0.3 is 4.74 Å². The molecule has 2 aromatic rings. The molecule has 2 bridgehead atoms. The molecular formula is C21H22N2O. The maximum absolute atomic E-state index is 6.43. The Hall–Kier alpha value is -2.13. The molecule has 5 heterocycles. The Bertz CT molecular complexity index is 793. The van der Waals surface area contributed by atoms with Crippen molar-refractivity contribution in [2.75, 3.05) is 19.6 Å². The van der Waals surface area contributed by atoms with E-state index >= 15 is 0 Å². The predicted molar refractivity (Wildman–Crippen MR) is 95.0 cm³/mol. The zero-order valence-electron chi connectivity index (χ0n) is 13.9. The van der Waals surface area contributed by atoms with E-state index < -0.39 is 0 Å². The van der Waals surface area contributed by atoms with Crippen LogP contribution in [-0.2, 0) is 6.42 Å². The van der Waals surface area contributed by atoms with Gasteiger partial charge in [-0.25, -0.2) is 4.98 Å². The van der Waals surface area contributed by atoms with E-state index in [-0.39, 0.29) is 5.60 Å². The van der Waals surface area contributed by atoms with Crippen LogP contribution in [0.15, 0.2) is 49.2 Å². The van der Waals surface area contributed by atoms with Crippen LogP contribution in [0, 0.1) is 5.92 Å². The van der Waals surface area contributed by atoms with Crippen LogP contribution >= 0.6 is 0 Å². The molecular weight excluding hydrogens is 296 g/mol. The number of fused-ring (bicyclic) bond motifs is 3. The number of piperidine rings is 3. The molecule has 3 saturated heterocycles. The Balaban J connectivity index is 1.45. The van der Waals surface area contributed by atoms with Crippen molar-refractivity contribution in [3.8, 4) is 5.88 Å². The largest absolute Gasteiger partial charge is 0.469 e. The van der Waals surface area contributed by atoms with Crippen molar-refractivity contribution in [1.29, 1.82) is 0 Å². The number of hydrogen-bond acceptors (Lipinski definition) is 3. The van der Waals surface area contributed by atoms with Gasteiger partial charge in [0.05, 0.1) is 0 Å². The minimum absolute atomic E-state index is 0.0292. The first-order valence-corrected chi connectivity index (χ1v) is 8.88. The van der Waals surface area contributed by atoms with Crippen molar-refractivity contribution in [1.82, 2.24) is 9.88 Å². The number of ether oxygens (including phenoxy) is 1. The standard InChI is InChI=1S/C21H22N2O/c1-15(16-5-3-2-4-6-16)18-11-17-12-21(24-20(17)22-13-18)14-23-9-7-19(21)8-10-23/h2-6,11,13,19H,1,7-10,12,14H2/t21-/m0/s1. The average Bonchev–Trinajstić information content (AvgIpc) is 2.99. The maximum Gasteiger partial charge on any atom is 0.217 e. The third-order valence-electron chi connectivity index (χ3n) is 6.01. The maximum atomic E-state index is 6.43. The van der Waals surface area contributed by atoms with E-state index in [1.54, 1.807) is 0 Å². The second kappa shape index (κ2) is 5.18. The molecule has 3 fully saturated rings. The van der Waals surface area contributed by atoms with Crippen LogP contribution in [0.1, 0.15) is 29.5 Å². The van der Waals surface area contributed by atoms with Gasteiger partial charge in [-0.2, -0.15) is 0 Å². The molecule has 6 rings (SSSR count). The Morgan fingerprint density at radius 1 is 1.17 bits per heavy atom. The van der Waals surface area contributed by atoms with E-state index in [1.165, 1.54) is 31.5 Å². The van der Waals surface area contributed by atoms with Gasteiger partial charge in [-0.1, -0.05) is 36.9 Å². The third-order valence-corrected chi connectivity index (χ3v) is 6.01. The molecule has 4 aliphatic heterocycles.